The molecule has 17 heavy (non-hydrogen) atoms. The van der Waals surface area contributed by atoms with Crippen LogP contribution in [0.25, 0.3) is 0 Å². The lowest BCUT2D eigenvalue weighted by Crippen LogP contribution is -2.47. The maximum Gasteiger partial charge on any atom is 0.125 e. The third-order valence-electron chi connectivity index (χ3n) is 3.41. The Morgan fingerprint density at radius 2 is 2.24 bits per heavy atom. The van der Waals surface area contributed by atoms with E-state index in [2.05, 4.69) is 18.7 Å². The van der Waals surface area contributed by atoms with Crippen LogP contribution in [0.3, 0.4) is 0 Å². The van der Waals surface area contributed by atoms with Crippen molar-refractivity contribution in [1.29, 1.82) is 0 Å². The summed E-state index contributed by atoms with van der Waals surface area (Å²) in [4.78, 5) is 2.22. The van der Waals surface area contributed by atoms with Gasteiger partial charge in [-0.2, -0.15) is 0 Å². The molecule has 0 saturated heterocycles. The second kappa shape index (κ2) is 4.65. The van der Waals surface area contributed by atoms with E-state index in [4.69, 9.17) is 5.73 Å². The Bertz CT molecular complexity index is 401. The van der Waals surface area contributed by atoms with E-state index in [1.807, 2.05) is 6.07 Å². The van der Waals surface area contributed by atoms with Gasteiger partial charge in [0.05, 0.1) is 0 Å². The van der Waals surface area contributed by atoms with E-state index in [0.29, 0.717) is 0 Å². The number of anilines is 1. The predicted molar refractivity (Wildman–Crippen MR) is 69.8 cm³/mol. The number of fused-ring (bicyclic) bond motifs is 1. The minimum absolute atomic E-state index is 0.162. The minimum Gasteiger partial charge on any atom is -0.369 e. The quantitative estimate of drug-likeness (QED) is 0.871. The van der Waals surface area contributed by atoms with Crippen molar-refractivity contribution in [2.24, 2.45) is 5.73 Å². The van der Waals surface area contributed by atoms with Crippen molar-refractivity contribution in [3.8, 4) is 0 Å². The number of benzene rings is 1. The smallest absolute Gasteiger partial charge is 0.125 e. The molecule has 0 radical (unpaired) electrons. The summed E-state index contributed by atoms with van der Waals surface area (Å²) in [6.45, 7) is 5.98. The summed E-state index contributed by atoms with van der Waals surface area (Å²) in [6, 6.07) is 5.05. The molecule has 0 aromatic heterocycles. The molecule has 94 valence electrons. The van der Waals surface area contributed by atoms with Crippen LogP contribution < -0.4 is 10.6 Å². The van der Waals surface area contributed by atoms with Crippen molar-refractivity contribution in [1.82, 2.24) is 0 Å². The zero-order valence-corrected chi connectivity index (χ0v) is 10.7. The first kappa shape index (κ1) is 12.4. The SMILES string of the molecule is CCCC(C)(N)CN1CCc2ccc(F)cc21. The van der Waals surface area contributed by atoms with E-state index in [9.17, 15) is 4.39 Å². The van der Waals surface area contributed by atoms with Gasteiger partial charge in [0, 0.05) is 24.3 Å². The predicted octanol–water partition coefficient (Wildman–Crippen LogP) is 2.71. The molecule has 1 atom stereocenters. The van der Waals surface area contributed by atoms with Crippen LogP contribution in [0.15, 0.2) is 18.2 Å². The normalized spacial score (nSPS) is 18.0. The molecule has 2 rings (SSSR count). The van der Waals surface area contributed by atoms with Gasteiger partial charge >= 0.3 is 0 Å². The summed E-state index contributed by atoms with van der Waals surface area (Å²) in [5, 5.41) is 0. The topological polar surface area (TPSA) is 29.3 Å². The van der Waals surface area contributed by atoms with Gasteiger partial charge < -0.3 is 10.6 Å². The second-order valence-electron chi connectivity index (χ2n) is 5.35. The lowest BCUT2D eigenvalue weighted by molar-refractivity contribution is 0.426. The van der Waals surface area contributed by atoms with Crippen LogP contribution in [0.4, 0.5) is 10.1 Å². The van der Waals surface area contributed by atoms with Crippen LogP contribution in [-0.2, 0) is 6.42 Å². The molecule has 1 heterocycles. The molecule has 0 saturated carbocycles. The monoisotopic (exact) mass is 236 g/mol. The van der Waals surface area contributed by atoms with E-state index >= 15 is 0 Å². The molecular weight excluding hydrogens is 215 g/mol. The van der Waals surface area contributed by atoms with Crippen LogP contribution in [0.1, 0.15) is 32.3 Å². The third kappa shape index (κ3) is 2.78. The van der Waals surface area contributed by atoms with Crippen molar-refractivity contribution in [2.45, 2.75) is 38.6 Å². The van der Waals surface area contributed by atoms with Gasteiger partial charge in [-0.3, -0.25) is 0 Å². The molecule has 0 spiro atoms. The molecular formula is C14H21FN2. The van der Waals surface area contributed by atoms with Gasteiger partial charge in [-0.1, -0.05) is 19.4 Å². The molecule has 0 amide bonds. The van der Waals surface area contributed by atoms with Gasteiger partial charge in [-0.25, -0.2) is 4.39 Å². The Labute approximate surface area is 103 Å². The Kier molecular flexibility index (Phi) is 3.38. The molecule has 2 nitrogen and oxygen atoms in total. The summed E-state index contributed by atoms with van der Waals surface area (Å²) in [7, 11) is 0. The largest absolute Gasteiger partial charge is 0.369 e. The Hall–Kier alpha value is -1.09. The third-order valence-corrected chi connectivity index (χ3v) is 3.41. The molecule has 3 heteroatoms. The summed E-state index contributed by atoms with van der Waals surface area (Å²) < 4.78 is 13.3. The van der Waals surface area contributed by atoms with Crippen molar-refractivity contribution in [3.05, 3.63) is 29.6 Å². The zero-order chi connectivity index (χ0) is 12.5. The van der Waals surface area contributed by atoms with Crippen LogP contribution in [-0.4, -0.2) is 18.6 Å². The van der Waals surface area contributed by atoms with Crippen LogP contribution in [0.2, 0.25) is 0 Å². The van der Waals surface area contributed by atoms with Gasteiger partial charge in [-0.15, -0.1) is 0 Å². The van der Waals surface area contributed by atoms with Gasteiger partial charge in [0.2, 0.25) is 0 Å². The fourth-order valence-corrected chi connectivity index (χ4v) is 2.67. The maximum atomic E-state index is 13.3. The first-order valence-electron chi connectivity index (χ1n) is 6.34. The standard InChI is InChI=1S/C14H21FN2/c1-3-7-14(2,16)10-17-8-6-11-4-5-12(15)9-13(11)17/h4-5,9H,3,6-8,10,16H2,1-2H3. The highest BCUT2D eigenvalue weighted by atomic mass is 19.1. The molecule has 1 aliphatic rings. The summed E-state index contributed by atoms with van der Waals surface area (Å²) in [6.07, 6.45) is 3.07. The average molecular weight is 236 g/mol. The fraction of sp³-hybridized carbons (Fsp3) is 0.571. The van der Waals surface area contributed by atoms with E-state index < -0.39 is 0 Å². The van der Waals surface area contributed by atoms with Crippen LogP contribution in [0.5, 0.6) is 0 Å². The maximum absolute atomic E-state index is 13.3. The second-order valence-corrected chi connectivity index (χ2v) is 5.35. The number of halogens is 1. The Morgan fingerprint density at radius 1 is 1.47 bits per heavy atom. The fourth-order valence-electron chi connectivity index (χ4n) is 2.67. The molecule has 1 unspecified atom stereocenters. The van der Waals surface area contributed by atoms with E-state index in [1.165, 1.54) is 11.6 Å². The van der Waals surface area contributed by atoms with E-state index in [1.54, 1.807) is 6.07 Å². The van der Waals surface area contributed by atoms with Crippen molar-refractivity contribution >= 4 is 5.69 Å². The lowest BCUT2D eigenvalue weighted by atomic mass is 9.97. The molecule has 2 N–H and O–H groups in total. The Morgan fingerprint density at radius 3 is 2.94 bits per heavy atom. The minimum atomic E-state index is -0.192. The van der Waals surface area contributed by atoms with E-state index in [0.717, 1.165) is 38.0 Å². The Balaban J connectivity index is 2.14. The van der Waals surface area contributed by atoms with Crippen LogP contribution in [0, 0.1) is 5.82 Å². The van der Waals surface area contributed by atoms with Gasteiger partial charge in [0.15, 0.2) is 0 Å². The highest BCUT2D eigenvalue weighted by Gasteiger charge is 2.26. The lowest BCUT2D eigenvalue weighted by Gasteiger charge is -2.31. The molecule has 1 aromatic carbocycles. The summed E-state index contributed by atoms with van der Waals surface area (Å²) in [5.41, 5.74) is 8.34. The average Bonchev–Trinajstić information content (AvgIpc) is 2.60. The first-order valence-corrected chi connectivity index (χ1v) is 6.34. The molecule has 1 aromatic rings. The molecule has 1 aliphatic heterocycles. The number of hydrogen-bond acceptors (Lipinski definition) is 2. The number of nitrogens with two attached hydrogens (primary N) is 1. The zero-order valence-electron chi connectivity index (χ0n) is 10.7. The molecule has 0 bridgehead atoms. The molecule has 0 fully saturated rings. The molecule has 0 aliphatic carbocycles. The number of hydrogen-bond donors (Lipinski definition) is 1. The van der Waals surface area contributed by atoms with Crippen molar-refractivity contribution in [3.63, 3.8) is 0 Å². The van der Waals surface area contributed by atoms with E-state index in [-0.39, 0.29) is 11.4 Å². The van der Waals surface area contributed by atoms with Gasteiger partial charge in [0.25, 0.3) is 0 Å². The first-order chi connectivity index (χ1) is 8.02. The summed E-state index contributed by atoms with van der Waals surface area (Å²) in [5.74, 6) is -0.162. The summed E-state index contributed by atoms with van der Waals surface area (Å²) >= 11 is 0. The van der Waals surface area contributed by atoms with Crippen molar-refractivity contribution in [2.75, 3.05) is 18.0 Å². The van der Waals surface area contributed by atoms with Crippen molar-refractivity contribution < 1.29 is 4.39 Å². The van der Waals surface area contributed by atoms with Gasteiger partial charge in [-0.05, 0) is 37.5 Å². The highest BCUT2D eigenvalue weighted by molar-refractivity contribution is 5.58. The number of nitrogens with zero attached hydrogens (tertiary/aromatic N) is 1. The van der Waals surface area contributed by atoms with Crippen LogP contribution >= 0.6 is 0 Å². The number of rotatable bonds is 4. The highest BCUT2D eigenvalue weighted by Crippen LogP contribution is 2.30. The van der Waals surface area contributed by atoms with Gasteiger partial charge in [0.1, 0.15) is 5.82 Å².